The van der Waals surface area contributed by atoms with Gasteiger partial charge in [-0.3, -0.25) is 0 Å². The molecule has 12 heteroatoms. The summed E-state index contributed by atoms with van der Waals surface area (Å²) in [6, 6.07) is 7.48. The summed E-state index contributed by atoms with van der Waals surface area (Å²) in [7, 11) is 2.71. The summed E-state index contributed by atoms with van der Waals surface area (Å²) in [5.74, 6) is 0.628. The Morgan fingerprint density at radius 2 is 1.95 bits per heavy atom. The van der Waals surface area contributed by atoms with Gasteiger partial charge in [-0.05, 0) is 51.2 Å². The van der Waals surface area contributed by atoms with Crippen molar-refractivity contribution >= 4 is 43.8 Å². The van der Waals surface area contributed by atoms with Crippen LogP contribution in [0.1, 0.15) is 12.0 Å². The number of hydrogen-bond acceptors (Lipinski definition) is 8. The molecule has 0 N–H and O–H groups in total. The van der Waals surface area contributed by atoms with Gasteiger partial charge in [0.05, 0.1) is 31.5 Å². The van der Waals surface area contributed by atoms with Crippen LogP contribution in [-0.4, -0.2) is 66.3 Å². The van der Waals surface area contributed by atoms with Crippen molar-refractivity contribution in [1.82, 2.24) is 9.88 Å². The molecule has 0 atom stereocenters. The van der Waals surface area contributed by atoms with E-state index in [1.165, 1.54) is 32.5 Å². The van der Waals surface area contributed by atoms with Crippen LogP contribution in [0.15, 0.2) is 46.8 Å². The van der Waals surface area contributed by atoms with Crippen LogP contribution in [0, 0.1) is 11.7 Å². The lowest BCUT2D eigenvalue weighted by Crippen LogP contribution is -2.47. The standard InChI is InChI=1S/C25H30ClFN4O4S2/c1-29(2)9-7-17-14-30(15-17)22-13-21(27)24(12-20(22)26)37(32,33)31(25-28-8-10-36-25)16-18-5-6-19(34-3)11-23(18)35-4/h5-6,8,10-13,17H,7,9,14-16H2,1-4H3. The second kappa shape index (κ2) is 11.4. The molecule has 2 aromatic carbocycles. The van der Waals surface area contributed by atoms with Crippen LogP contribution >= 0.6 is 22.9 Å². The Hall–Kier alpha value is -2.60. The highest BCUT2D eigenvalue weighted by molar-refractivity contribution is 7.93. The van der Waals surface area contributed by atoms with Gasteiger partial charge in [0.2, 0.25) is 0 Å². The highest BCUT2D eigenvalue weighted by Gasteiger charge is 2.34. The fraction of sp³-hybridized carbons (Fsp3) is 0.400. The molecule has 0 spiro atoms. The number of rotatable bonds is 11. The molecule has 200 valence electrons. The van der Waals surface area contributed by atoms with Crippen LogP contribution in [0.4, 0.5) is 15.2 Å². The Labute approximate surface area is 226 Å². The molecule has 0 bridgehead atoms. The van der Waals surface area contributed by atoms with Gasteiger partial charge in [-0.2, -0.15) is 0 Å². The summed E-state index contributed by atoms with van der Waals surface area (Å²) in [4.78, 5) is 7.78. The predicted molar refractivity (Wildman–Crippen MR) is 145 cm³/mol. The van der Waals surface area contributed by atoms with E-state index in [0.717, 1.165) is 41.7 Å². The van der Waals surface area contributed by atoms with E-state index >= 15 is 4.39 Å². The average molecular weight is 569 g/mol. The molecule has 0 amide bonds. The third kappa shape index (κ3) is 5.95. The summed E-state index contributed by atoms with van der Waals surface area (Å²) < 4.78 is 54.8. The summed E-state index contributed by atoms with van der Waals surface area (Å²) in [5, 5.41) is 2.04. The molecule has 1 aromatic heterocycles. The number of nitrogens with zero attached hydrogens (tertiary/aromatic N) is 4. The summed E-state index contributed by atoms with van der Waals surface area (Å²) in [6.45, 7) is 2.36. The van der Waals surface area contributed by atoms with E-state index in [2.05, 4.69) is 9.88 Å². The van der Waals surface area contributed by atoms with Gasteiger partial charge >= 0.3 is 0 Å². The van der Waals surface area contributed by atoms with Crippen LogP contribution in [0.2, 0.25) is 5.02 Å². The van der Waals surface area contributed by atoms with Gasteiger partial charge in [0, 0.05) is 42.4 Å². The molecular formula is C25H30ClFN4O4S2. The van der Waals surface area contributed by atoms with Crippen LogP contribution in [0.3, 0.4) is 0 Å². The highest BCUT2D eigenvalue weighted by atomic mass is 35.5. The van der Waals surface area contributed by atoms with Crippen LogP contribution in [0.25, 0.3) is 0 Å². The third-order valence-corrected chi connectivity index (χ3v) is 9.26. The average Bonchev–Trinajstić information content (AvgIpc) is 3.37. The molecule has 0 saturated carbocycles. The molecule has 0 unspecified atom stereocenters. The normalized spacial score (nSPS) is 14.1. The molecule has 0 radical (unpaired) electrons. The number of aromatic nitrogens is 1. The van der Waals surface area contributed by atoms with Crippen molar-refractivity contribution in [3.8, 4) is 11.5 Å². The van der Waals surface area contributed by atoms with Crippen molar-refractivity contribution in [2.75, 3.05) is 57.2 Å². The third-order valence-electron chi connectivity index (χ3n) is 6.29. The van der Waals surface area contributed by atoms with Crippen LogP contribution in [0.5, 0.6) is 11.5 Å². The Kier molecular flexibility index (Phi) is 8.47. The first-order valence-electron chi connectivity index (χ1n) is 11.7. The zero-order valence-electron chi connectivity index (χ0n) is 21.1. The maximum absolute atomic E-state index is 15.4. The van der Waals surface area contributed by atoms with E-state index in [9.17, 15) is 8.42 Å². The Balaban J connectivity index is 1.63. The summed E-state index contributed by atoms with van der Waals surface area (Å²) in [5.41, 5.74) is 1.06. The first-order valence-corrected chi connectivity index (χ1v) is 14.4. The second-order valence-electron chi connectivity index (χ2n) is 9.10. The maximum atomic E-state index is 15.4. The lowest BCUT2D eigenvalue weighted by molar-refractivity contribution is 0.312. The molecule has 0 aliphatic carbocycles. The lowest BCUT2D eigenvalue weighted by atomic mass is 9.95. The van der Waals surface area contributed by atoms with Gasteiger partial charge in [0.25, 0.3) is 10.0 Å². The Bertz CT molecular complexity index is 1330. The molecule has 2 heterocycles. The Morgan fingerprint density at radius 3 is 2.57 bits per heavy atom. The fourth-order valence-electron chi connectivity index (χ4n) is 4.20. The second-order valence-corrected chi connectivity index (χ2v) is 12.2. The zero-order chi connectivity index (χ0) is 26.7. The molecular weight excluding hydrogens is 539 g/mol. The van der Waals surface area contributed by atoms with Gasteiger partial charge in [-0.25, -0.2) is 22.1 Å². The molecule has 37 heavy (non-hydrogen) atoms. The molecule has 4 rings (SSSR count). The van der Waals surface area contributed by atoms with Gasteiger partial charge in [0.15, 0.2) is 5.13 Å². The topological polar surface area (TPSA) is 75.2 Å². The zero-order valence-corrected chi connectivity index (χ0v) is 23.5. The number of ether oxygens (including phenoxy) is 2. The van der Waals surface area contributed by atoms with Crippen LogP contribution < -0.4 is 18.7 Å². The Morgan fingerprint density at radius 1 is 1.19 bits per heavy atom. The number of benzene rings is 2. The molecule has 1 aliphatic heterocycles. The van der Waals surface area contributed by atoms with E-state index in [0.29, 0.717) is 28.7 Å². The van der Waals surface area contributed by atoms with Crippen molar-refractivity contribution in [3.63, 3.8) is 0 Å². The van der Waals surface area contributed by atoms with Crippen molar-refractivity contribution in [3.05, 3.63) is 58.3 Å². The maximum Gasteiger partial charge on any atom is 0.269 e. The van der Waals surface area contributed by atoms with Gasteiger partial charge in [-0.15, -0.1) is 11.3 Å². The van der Waals surface area contributed by atoms with E-state index in [4.69, 9.17) is 21.1 Å². The lowest BCUT2D eigenvalue weighted by Gasteiger charge is -2.42. The number of hydrogen-bond donors (Lipinski definition) is 0. The fourth-order valence-corrected chi connectivity index (χ4v) is 6.89. The molecule has 8 nitrogen and oxygen atoms in total. The van der Waals surface area contributed by atoms with Crippen molar-refractivity contribution in [1.29, 1.82) is 0 Å². The van der Waals surface area contributed by atoms with Crippen molar-refractivity contribution < 1.29 is 22.3 Å². The molecule has 1 saturated heterocycles. The minimum Gasteiger partial charge on any atom is -0.497 e. The summed E-state index contributed by atoms with van der Waals surface area (Å²) in [6.07, 6.45) is 2.53. The largest absolute Gasteiger partial charge is 0.497 e. The van der Waals surface area contributed by atoms with Gasteiger partial charge in [-0.1, -0.05) is 11.6 Å². The minimum absolute atomic E-state index is 0.124. The number of thiazole rings is 1. The first-order chi connectivity index (χ1) is 17.6. The van der Waals surface area contributed by atoms with E-state index in [-0.39, 0.29) is 16.7 Å². The summed E-state index contributed by atoms with van der Waals surface area (Å²) >= 11 is 7.65. The number of sulfonamides is 1. The van der Waals surface area contributed by atoms with Crippen molar-refractivity contribution in [2.45, 2.75) is 17.9 Å². The smallest absolute Gasteiger partial charge is 0.269 e. The monoisotopic (exact) mass is 568 g/mol. The van der Waals surface area contributed by atoms with E-state index in [1.54, 1.807) is 23.6 Å². The minimum atomic E-state index is -4.37. The molecule has 1 fully saturated rings. The SMILES string of the molecule is COc1ccc(CN(c2nccs2)S(=O)(=O)c2cc(Cl)c(N3CC(CCN(C)C)C3)cc2F)c(OC)c1. The molecule has 3 aromatic rings. The van der Waals surface area contributed by atoms with E-state index in [1.807, 2.05) is 19.0 Å². The van der Waals surface area contributed by atoms with Gasteiger partial charge in [0.1, 0.15) is 22.2 Å². The van der Waals surface area contributed by atoms with E-state index < -0.39 is 20.7 Å². The highest BCUT2D eigenvalue weighted by Crippen LogP contribution is 2.38. The number of methoxy groups -OCH3 is 2. The van der Waals surface area contributed by atoms with Gasteiger partial charge < -0.3 is 19.3 Å². The molecule has 1 aliphatic rings. The predicted octanol–water partition coefficient (Wildman–Crippen LogP) is 4.74. The quantitative estimate of drug-likeness (QED) is 0.331. The van der Waals surface area contributed by atoms with Crippen molar-refractivity contribution in [2.24, 2.45) is 5.92 Å². The number of anilines is 2. The first kappa shape index (κ1) is 27.4. The van der Waals surface area contributed by atoms with Crippen LogP contribution in [-0.2, 0) is 16.6 Å². The number of halogens is 2.